The number of anilines is 1. The van der Waals surface area contributed by atoms with Crippen LogP contribution in [0, 0.1) is 5.92 Å². The SMILES string of the molecule is CCCOc1cccc2c1nc(N)n2C(C)CC1CC1. The van der Waals surface area contributed by atoms with Crippen LogP contribution in [0.5, 0.6) is 5.75 Å². The third kappa shape index (κ3) is 2.47. The Morgan fingerprint density at radius 3 is 2.95 bits per heavy atom. The average molecular weight is 273 g/mol. The molecule has 1 heterocycles. The van der Waals surface area contributed by atoms with E-state index in [2.05, 4.69) is 29.5 Å². The van der Waals surface area contributed by atoms with Crippen molar-refractivity contribution in [1.82, 2.24) is 9.55 Å². The van der Waals surface area contributed by atoms with Crippen molar-refractivity contribution >= 4 is 17.0 Å². The van der Waals surface area contributed by atoms with Gasteiger partial charge in [0.05, 0.1) is 12.1 Å². The zero-order valence-corrected chi connectivity index (χ0v) is 12.3. The number of imidazole rings is 1. The fourth-order valence-corrected chi connectivity index (χ4v) is 2.84. The Balaban J connectivity index is 1.97. The molecule has 2 aromatic rings. The number of nitrogens with zero attached hydrogens (tertiary/aromatic N) is 2. The Labute approximate surface area is 119 Å². The Hall–Kier alpha value is -1.71. The molecule has 4 nitrogen and oxygen atoms in total. The summed E-state index contributed by atoms with van der Waals surface area (Å²) in [6, 6.07) is 6.48. The van der Waals surface area contributed by atoms with Gasteiger partial charge in [0.2, 0.25) is 5.95 Å². The monoisotopic (exact) mass is 273 g/mol. The molecule has 20 heavy (non-hydrogen) atoms. The van der Waals surface area contributed by atoms with Crippen LogP contribution in [-0.4, -0.2) is 16.2 Å². The largest absolute Gasteiger partial charge is 0.491 e. The van der Waals surface area contributed by atoms with E-state index in [0.717, 1.165) is 29.1 Å². The highest BCUT2D eigenvalue weighted by Gasteiger charge is 2.26. The molecule has 1 unspecified atom stereocenters. The molecule has 1 saturated carbocycles. The molecule has 1 aromatic heterocycles. The van der Waals surface area contributed by atoms with Crippen LogP contribution in [0.4, 0.5) is 5.95 Å². The van der Waals surface area contributed by atoms with Gasteiger partial charge in [0.15, 0.2) is 0 Å². The molecule has 0 spiro atoms. The lowest BCUT2D eigenvalue weighted by Gasteiger charge is -2.15. The minimum atomic E-state index is 0.397. The number of nitrogens with two attached hydrogens (primary N) is 1. The summed E-state index contributed by atoms with van der Waals surface area (Å²) < 4.78 is 7.94. The minimum absolute atomic E-state index is 0.397. The number of hydrogen-bond donors (Lipinski definition) is 1. The standard InChI is InChI=1S/C16H23N3O/c1-3-9-20-14-6-4-5-13-15(14)18-16(17)19(13)11(2)10-12-7-8-12/h4-6,11-12H,3,7-10H2,1-2H3,(H2,17,18). The van der Waals surface area contributed by atoms with Gasteiger partial charge in [0, 0.05) is 6.04 Å². The first-order chi connectivity index (χ1) is 9.70. The van der Waals surface area contributed by atoms with Crippen molar-refractivity contribution in [1.29, 1.82) is 0 Å². The molecule has 108 valence electrons. The maximum absolute atomic E-state index is 6.14. The third-order valence-corrected chi connectivity index (χ3v) is 3.98. The summed E-state index contributed by atoms with van der Waals surface area (Å²) in [5.41, 5.74) is 8.12. The van der Waals surface area contributed by atoms with Crippen molar-refractivity contribution in [3.8, 4) is 5.75 Å². The second-order valence-corrected chi connectivity index (χ2v) is 5.84. The smallest absolute Gasteiger partial charge is 0.201 e. The Morgan fingerprint density at radius 2 is 2.25 bits per heavy atom. The first-order valence-electron chi connectivity index (χ1n) is 7.60. The number of aromatic nitrogens is 2. The van der Waals surface area contributed by atoms with E-state index in [1.54, 1.807) is 0 Å². The summed E-state index contributed by atoms with van der Waals surface area (Å²) in [6.45, 7) is 5.05. The summed E-state index contributed by atoms with van der Waals surface area (Å²) >= 11 is 0. The summed E-state index contributed by atoms with van der Waals surface area (Å²) in [4.78, 5) is 4.53. The number of benzene rings is 1. The van der Waals surface area contributed by atoms with E-state index in [1.165, 1.54) is 19.3 Å². The van der Waals surface area contributed by atoms with Crippen molar-refractivity contribution in [2.75, 3.05) is 12.3 Å². The number of hydrogen-bond acceptors (Lipinski definition) is 3. The molecule has 4 heteroatoms. The van der Waals surface area contributed by atoms with Gasteiger partial charge in [-0.3, -0.25) is 0 Å². The van der Waals surface area contributed by atoms with E-state index < -0.39 is 0 Å². The van der Waals surface area contributed by atoms with Crippen molar-refractivity contribution in [2.24, 2.45) is 5.92 Å². The zero-order chi connectivity index (χ0) is 14.1. The van der Waals surface area contributed by atoms with Crippen LogP contribution >= 0.6 is 0 Å². The van der Waals surface area contributed by atoms with Crippen LogP contribution < -0.4 is 10.5 Å². The fourth-order valence-electron chi connectivity index (χ4n) is 2.84. The second kappa shape index (κ2) is 5.35. The van der Waals surface area contributed by atoms with Gasteiger partial charge in [-0.25, -0.2) is 4.98 Å². The van der Waals surface area contributed by atoms with Gasteiger partial charge >= 0.3 is 0 Å². The molecule has 2 N–H and O–H groups in total. The summed E-state index contributed by atoms with van der Waals surface area (Å²) in [7, 11) is 0. The van der Waals surface area contributed by atoms with E-state index >= 15 is 0 Å². The topological polar surface area (TPSA) is 53.1 Å². The fraction of sp³-hybridized carbons (Fsp3) is 0.562. The third-order valence-electron chi connectivity index (χ3n) is 3.98. The number of ether oxygens (including phenoxy) is 1. The van der Waals surface area contributed by atoms with Crippen LogP contribution in [0.2, 0.25) is 0 Å². The van der Waals surface area contributed by atoms with Gasteiger partial charge in [-0.2, -0.15) is 0 Å². The van der Waals surface area contributed by atoms with Gasteiger partial charge in [-0.1, -0.05) is 25.8 Å². The van der Waals surface area contributed by atoms with Crippen LogP contribution in [-0.2, 0) is 0 Å². The zero-order valence-electron chi connectivity index (χ0n) is 12.3. The first kappa shape index (κ1) is 13.3. The Morgan fingerprint density at radius 1 is 1.45 bits per heavy atom. The van der Waals surface area contributed by atoms with E-state index in [4.69, 9.17) is 10.5 Å². The second-order valence-electron chi connectivity index (χ2n) is 5.84. The molecule has 1 fully saturated rings. The molecule has 3 rings (SSSR count). The highest BCUT2D eigenvalue weighted by Crippen LogP contribution is 2.39. The average Bonchev–Trinajstić information content (AvgIpc) is 3.16. The van der Waals surface area contributed by atoms with Crippen LogP contribution in [0.1, 0.15) is 45.6 Å². The normalized spacial score (nSPS) is 16.5. The molecule has 1 atom stereocenters. The van der Waals surface area contributed by atoms with Gasteiger partial charge in [-0.05, 0) is 37.8 Å². The van der Waals surface area contributed by atoms with Gasteiger partial charge in [0.1, 0.15) is 11.3 Å². The van der Waals surface area contributed by atoms with E-state index in [-0.39, 0.29) is 0 Å². The molecule has 1 aromatic carbocycles. The Kier molecular flexibility index (Phi) is 3.55. The molecule has 0 radical (unpaired) electrons. The molecule has 1 aliphatic rings. The lowest BCUT2D eigenvalue weighted by Crippen LogP contribution is -2.09. The van der Waals surface area contributed by atoms with E-state index in [9.17, 15) is 0 Å². The van der Waals surface area contributed by atoms with Crippen LogP contribution in [0.25, 0.3) is 11.0 Å². The van der Waals surface area contributed by atoms with Crippen molar-refractivity contribution in [3.05, 3.63) is 18.2 Å². The first-order valence-corrected chi connectivity index (χ1v) is 7.60. The number of rotatable bonds is 6. The molecule has 0 amide bonds. The molecule has 0 aliphatic heterocycles. The number of nitrogen functional groups attached to an aromatic ring is 1. The van der Waals surface area contributed by atoms with Gasteiger partial charge < -0.3 is 15.0 Å². The van der Waals surface area contributed by atoms with Crippen LogP contribution in [0.15, 0.2) is 18.2 Å². The lowest BCUT2D eigenvalue weighted by atomic mass is 10.1. The van der Waals surface area contributed by atoms with Gasteiger partial charge in [0.25, 0.3) is 0 Å². The lowest BCUT2D eigenvalue weighted by molar-refractivity contribution is 0.320. The summed E-state index contributed by atoms with van der Waals surface area (Å²) in [6.07, 6.45) is 4.91. The predicted octanol–water partition coefficient (Wildman–Crippen LogP) is 3.77. The quantitative estimate of drug-likeness (QED) is 0.871. The van der Waals surface area contributed by atoms with E-state index in [1.807, 2.05) is 12.1 Å². The number of fused-ring (bicyclic) bond motifs is 1. The molecule has 0 bridgehead atoms. The van der Waals surface area contributed by atoms with E-state index in [0.29, 0.717) is 18.6 Å². The molecule has 1 aliphatic carbocycles. The maximum atomic E-state index is 6.14. The van der Waals surface area contributed by atoms with Crippen LogP contribution in [0.3, 0.4) is 0 Å². The number of para-hydroxylation sites is 1. The Bertz CT molecular complexity index is 601. The van der Waals surface area contributed by atoms with Gasteiger partial charge in [-0.15, -0.1) is 0 Å². The molecular weight excluding hydrogens is 250 g/mol. The van der Waals surface area contributed by atoms with Crippen molar-refractivity contribution in [3.63, 3.8) is 0 Å². The highest BCUT2D eigenvalue weighted by molar-refractivity contribution is 5.84. The molecular formula is C16H23N3O. The summed E-state index contributed by atoms with van der Waals surface area (Å²) in [5, 5.41) is 0. The van der Waals surface area contributed by atoms with Crippen molar-refractivity contribution in [2.45, 2.75) is 45.6 Å². The minimum Gasteiger partial charge on any atom is -0.491 e. The summed E-state index contributed by atoms with van der Waals surface area (Å²) in [5.74, 6) is 2.32. The maximum Gasteiger partial charge on any atom is 0.201 e. The highest BCUT2D eigenvalue weighted by atomic mass is 16.5. The molecule has 0 saturated heterocycles. The van der Waals surface area contributed by atoms with Crippen molar-refractivity contribution < 1.29 is 4.74 Å². The predicted molar refractivity (Wildman–Crippen MR) is 82.0 cm³/mol.